The summed E-state index contributed by atoms with van der Waals surface area (Å²) in [6, 6.07) is 12.2. The first-order chi connectivity index (χ1) is 15.8. The van der Waals surface area contributed by atoms with Crippen molar-refractivity contribution in [3.8, 4) is 17.2 Å². The zero-order chi connectivity index (χ0) is 22.4. The maximum atomic E-state index is 6.01. The molecule has 1 aliphatic heterocycles. The minimum atomic E-state index is 0.440. The molecule has 0 spiro atoms. The van der Waals surface area contributed by atoms with E-state index in [1.54, 1.807) is 0 Å². The predicted octanol–water partition coefficient (Wildman–Crippen LogP) is 5.57. The van der Waals surface area contributed by atoms with E-state index >= 15 is 0 Å². The van der Waals surface area contributed by atoms with Gasteiger partial charge in [-0.05, 0) is 67.6 Å². The lowest BCUT2D eigenvalue weighted by Gasteiger charge is -2.16. The summed E-state index contributed by atoms with van der Waals surface area (Å²) >= 11 is 0. The molecule has 0 fully saturated rings. The molecule has 5 nitrogen and oxygen atoms in total. The Balaban J connectivity index is 1.63. The van der Waals surface area contributed by atoms with Gasteiger partial charge in [0.25, 0.3) is 0 Å². The number of allylic oxidation sites excluding steroid dienone is 2. The number of aryl methyl sites for hydroxylation is 1. The highest BCUT2D eigenvalue weighted by Crippen LogP contribution is 2.29. The second-order valence-corrected chi connectivity index (χ2v) is 7.45. The number of benzene rings is 2. The van der Waals surface area contributed by atoms with Crippen molar-refractivity contribution in [1.82, 2.24) is 0 Å². The van der Waals surface area contributed by atoms with Crippen LogP contribution >= 0.6 is 0 Å². The fourth-order valence-corrected chi connectivity index (χ4v) is 3.48. The fraction of sp³-hybridized carbons (Fsp3) is 0.407. The van der Waals surface area contributed by atoms with E-state index in [0.29, 0.717) is 52.0 Å². The van der Waals surface area contributed by atoms with Crippen LogP contribution in [0.5, 0.6) is 17.2 Å². The summed E-state index contributed by atoms with van der Waals surface area (Å²) in [6.45, 7) is 7.61. The number of ether oxygens (including phenoxy) is 5. The molecule has 0 bridgehead atoms. The van der Waals surface area contributed by atoms with E-state index in [4.69, 9.17) is 23.7 Å². The highest BCUT2D eigenvalue weighted by molar-refractivity contribution is 5.56. The standard InChI is InChI=1S/C27H34O5/c1-3-6-22-9-11-25-24(20-22)8-5-13-28-14-18-31-26-12-10-23(7-4-2)21-27(26)32-19-16-29-15-17-30-25/h3-4,6-7,9-12,20-21H,5,8,13-19H2,1-2H3/b6-3+,7-4+. The van der Waals surface area contributed by atoms with Crippen LogP contribution in [0.15, 0.2) is 48.6 Å². The number of fused-ring (bicyclic) bond motifs is 2. The molecule has 3 rings (SSSR count). The van der Waals surface area contributed by atoms with Crippen molar-refractivity contribution in [3.05, 3.63) is 65.2 Å². The lowest BCUT2D eigenvalue weighted by atomic mass is 10.0. The van der Waals surface area contributed by atoms with Gasteiger partial charge in [0.15, 0.2) is 11.5 Å². The Morgan fingerprint density at radius 2 is 1.16 bits per heavy atom. The summed E-state index contributed by atoms with van der Waals surface area (Å²) in [5.41, 5.74) is 3.44. The SMILES string of the molecule is C/C=C/c1ccc2c(c1)CCCOCCOc1ccc(/C=C/C)cc1OCCOCCO2. The lowest BCUT2D eigenvalue weighted by molar-refractivity contribution is 0.0727. The van der Waals surface area contributed by atoms with Crippen molar-refractivity contribution in [2.75, 3.05) is 46.2 Å². The van der Waals surface area contributed by atoms with Crippen molar-refractivity contribution in [1.29, 1.82) is 0 Å². The van der Waals surface area contributed by atoms with Gasteiger partial charge in [-0.2, -0.15) is 0 Å². The molecular formula is C27H34O5. The van der Waals surface area contributed by atoms with Crippen molar-refractivity contribution >= 4 is 12.2 Å². The van der Waals surface area contributed by atoms with Crippen molar-refractivity contribution in [2.24, 2.45) is 0 Å². The first-order valence-electron chi connectivity index (χ1n) is 11.4. The van der Waals surface area contributed by atoms with Gasteiger partial charge in [0.05, 0.1) is 19.8 Å². The Hall–Kier alpha value is -2.76. The van der Waals surface area contributed by atoms with E-state index in [1.807, 2.05) is 56.3 Å². The first-order valence-corrected chi connectivity index (χ1v) is 11.4. The molecule has 0 saturated carbocycles. The topological polar surface area (TPSA) is 46.2 Å². The van der Waals surface area contributed by atoms with E-state index in [2.05, 4.69) is 18.2 Å². The highest BCUT2D eigenvalue weighted by Gasteiger charge is 2.08. The molecule has 0 unspecified atom stereocenters. The van der Waals surface area contributed by atoms with Crippen LogP contribution in [0.1, 0.15) is 37.0 Å². The average molecular weight is 439 g/mol. The van der Waals surface area contributed by atoms with Crippen LogP contribution in [0.3, 0.4) is 0 Å². The summed E-state index contributed by atoms with van der Waals surface area (Å²) in [5, 5.41) is 0. The van der Waals surface area contributed by atoms with Crippen LogP contribution in [-0.2, 0) is 15.9 Å². The molecule has 32 heavy (non-hydrogen) atoms. The summed E-state index contributed by atoms with van der Waals surface area (Å²) < 4.78 is 29.4. The van der Waals surface area contributed by atoms with E-state index in [1.165, 1.54) is 11.1 Å². The third-order valence-corrected chi connectivity index (χ3v) is 4.96. The van der Waals surface area contributed by atoms with E-state index in [9.17, 15) is 0 Å². The van der Waals surface area contributed by atoms with Crippen molar-refractivity contribution in [2.45, 2.75) is 26.7 Å². The quantitative estimate of drug-likeness (QED) is 0.614. The van der Waals surface area contributed by atoms with E-state index in [-0.39, 0.29) is 0 Å². The monoisotopic (exact) mass is 438 g/mol. The number of hydrogen-bond donors (Lipinski definition) is 0. The van der Waals surface area contributed by atoms with E-state index < -0.39 is 0 Å². The van der Waals surface area contributed by atoms with Gasteiger partial charge in [0.1, 0.15) is 25.6 Å². The first kappa shape index (κ1) is 23.9. The zero-order valence-corrected chi connectivity index (χ0v) is 19.2. The Labute approximate surface area is 191 Å². The molecule has 0 N–H and O–H groups in total. The molecule has 0 amide bonds. The summed E-state index contributed by atoms with van der Waals surface area (Å²) in [7, 11) is 0. The molecule has 0 aliphatic carbocycles. The molecular weight excluding hydrogens is 404 g/mol. The molecule has 1 aliphatic rings. The maximum absolute atomic E-state index is 6.01. The van der Waals surface area contributed by atoms with Crippen LogP contribution in [0.25, 0.3) is 12.2 Å². The van der Waals surface area contributed by atoms with Gasteiger partial charge in [-0.25, -0.2) is 0 Å². The molecule has 2 aromatic rings. The molecule has 0 atom stereocenters. The van der Waals surface area contributed by atoms with Crippen LogP contribution in [0, 0.1) is 0 Å². The van der Waals surface area contributed by atoms with E-state index in [0.717, 1.165) is 29.9 Å². The van der Waals surface area contributed by atoms with Crippen LogP contribution in [-0.4, -0.2) is 46.2 Å². The lowest BCUT2D eigenvalue weighted by Crippen LogP contribution is -2.14. The van der Waals surface area contributed by atoms with Crippen LogP contribution in [0.2, 0.25) is 0 Å². The summed E-state index contributed by atoms with van der Waals surface area (Å²) in [5.74, 6) is 2.34. The Morgan fingerprint density at radius 3 is 1.84 bits per heavy atom. The smallest absolute Gasteiger partial charge is 0.161 e. The minimum Gasteiger partial charge on any atom is -0.491 e. The molecule has 0 aromatic heterocycles. The molecule has 2 aromatic carbocycles. The zero-order valence-electron chi connectivity index (χ0n) is 19.2. The highest BCUT2D eigenvalue weighted by atomic mass is 16.6. The van der Waals surface area contributed by atoms with Crippen LogP contribution < -0.4 is 14.2 Å². The Bertz CT molecular complexity index is 814. The van der Waals surface area contributed by atoms with Crippen molar-refractivity contribution < 1.29 is 23.7 Å². The second kappa shape index (κ2) is 13.6. The van der Waals surface area contributed by atoms with Gasteiger partial charge in [-0.15, -0.1) is 0 Å². The Kier molecular flexibility index (Phi) is 10.2. The molecule has 0 radical (unpaired) electrons. The van der Waals surface area contributed by atoms with Gasteiger partial charge in [0.2, 0.25) is 0 Å². The van der Waals surface area contributed by atoms with Gasteiger partial charge in [0, 0.05) is 6.61 Å². The predicted molar refractivity (Wildman–Crippen MR) is 129 cm³/mol. The third-order valence-electron chi connectivity index (χ3n) is 4.96. The Morgan fingerprint density at radius 1 is 0.594 bits per heavy atom. The summed E-state index contributed by atoms with van der Waals surface area (Å²) in [4.78, 5) is 0. The minimum absolute atomic E-state index is 0.440. The normalized spacial score (nSPS) is 16.8. The molecule has 0 saturated heterocycles. The molecule has 1 heterocycles. The number of rotatable bonds is 2. The second-order valence-electron chi connectivity index (χ2n) is 7.45. The summed E-state index contributed by atoms with van der Waals surface area (Å²) in [6.07, 6.45) is 9.99. The van der Waals surface area contributed by atoms with Gasteiger partial charge in [-0.3, -0.25) is 0 Å². The molecule has 5 heteroatoms. The average Bonchev–Trinajstić information content (AvgIpc) is 2.80. The largest absolute Gasteiger partial charge is 0.491 e. The third kappa shape index (κ3) is 7.74. The molecule has 172 valence electrons. The van der Waals surface area contributed by atoms with Gasteiger partial charge < -0.3 is 23.7 Å². The van der Waals surface area contributed by atoms with Crippen molar-refractivity contribution in [3.63, 3.8) is 0 Å². The number of hydrogen-bond acceptors (Lipinski definition) is 5. The maximum Gasteiger partial charge on any atom is 0.161 e. The van der Waals surface area contributed by atoms with Crippen LogP contribution in [0.4, 0.5) is 0 Å². The van der Waals surface area contributed by atoms with Gasteiger partial charge >= 0.3 is 0 Å². The van der Waals surface area contributed by atoms with Gasteiger partial charge in [-0.1, -0.05) is 36.4 Å². The fourth-order valence-electron chi connectivity index (χ4n) is 3.48.